The van der Waals surface area contributed by atoms with Crippen molar-refractivity contribution in [3.63, 3.8) is 0 Å². The Morgan fingerprint density at radius 1 is 1.06 bits per heavy atom. The fourth-order valence-corrected chi connectivity index (χ4v) is 2.42. The molecule has 2 aromatic rings. The fraction of sp³-hybridized carbons (Fsp3) is 0. The predicted molar refractivity (Wildman–Crippen MR) is 67.9 cm³/mol. The zero-order valence-electron chi connectivity index (χ0n) is 9.28. The Labute approximate surface area is 107 Å². The number of nitrogen functional groups attached to an aromatic ring is 1. The van der Waals surface area contributed by atoms with E-state index >= 15 is 0 Å². The first-order valence-electron chi connectivity index (χ1n) is 5.14. The monoisotopic (exact) mass is 264 g/mol. The standard InChI is InChI=1S/C13H10F2N2S/c14-8-5-6-12(10(15)7-8)18-11-4-2-1-3-9(11)13(16)17/h1-7H,(H3,16,17). The van der Waals surface area contributed by atoms with Crippen molar-refractivity contribution in [1.29, 1.82) is 5.41 Å². The van der Waals surface area contributed by atoms with Crippen molar-refractivity contribution in [3.05, 3.63) is 59.7 Å². The van der Waals surface area contributed by atoms with Crippen molar-refractivity contribution in [3.8, 4) is 0 Å². The molecule has 3 N–H and O–H groups in total. The highest BCUT2D eigenvalue weighted by molar-refractivity contribution is 7.99. The van der Waals surface area contributed by atoms with Crippen molar-refractivity contribution in [1.82, 2.24) is 0 Å². The van der Waals surface area contributed by atoms with Gasteiger partial charge in [0.15, 0.2) is 0 Å². The van der Waals surface area contributed by atoms with Crippen LogP contribution in [0.2, 0.25) is 0 Å². The molecule has 0 radical (unpaired) electrons. The highest BCUT2D eigenvalue weighted by atomic mass is 32.2. The van der Waals surface area contributed by atoms with E-state index < -0.39 is 11.6 Å². The minimum atomic E-state index is -0.627. The topological polar surface area (TPSA) is 49.9 Å². The number of benzene rings is 2. The largest absolute Gasteiger partial charge is 0.384 e. The molecule has 0 heterocycles. The number of hydrogen-bond donors (Lipinski definition) is 2. The Morgan fingerprint density at radius 2 is 1.78 bits per heavy atom. The van der Waals surface area contributed by atoms with Crippen LogP contribution >= 0.6 is 11.8 Å². The van der Waals surface area contributed by atoms with Crippen LogP contribution in [-0.4, -0.2) is 5.84 Å². The fourth-order valence-electron chi connectivity index (χ4n) is 1.45. The van der Waals surface area contributed by atoms with Crippen LogP contribution in [0, 0.1) is 17.0 Å². The van der Waals surface area contributed by atoms with Gasteiger partial charge >= 0.3 is 0 Å². The minimum absolute atomic E-state index is 0.0828. The summed E-state index contributed by atoms with van der Waals surface area (Å²) in [7, 11) is 0. The van der Waals surface area contributed by atoms with Gasteiger partial charge in [-0.15, -0.1) is 0 Å². The lowest BCUT2D eigenvalue weighted by Crippen LogP contribution is -2.12. The Morgan fingerprint density at radius 3 is 2.44 bits per heavy atom. The summed E-state index contributed by atoms with van der Waals surface area (Å²) in [6.45, 7) is 0. The number of halogens is 2. The van der Waals surface area contributed by atoms with E-state index in [9.17, 15) is 8.78 Å². The second-order valence-electron chi connectivity index (χ2n) is 3.59. The number of nitrogens with one attached hydrogen (secondary N) is 1. The van der Waals surface area contributed by atoms with Crippen molar-refractivity contribution >= 4 is 17.6 Å². The minimum Gasteiger partial charge on any atom is -0.384 e. The molecule has 18 heavy (non-hydrogen) atoms. The van der Waals surface area contributed by atoms with Gasteiger partial charge in [-0.1, -0.05) is 30.0 Å². The second kappa shape index (κ2) is 5.18. The molecule has 0 amide bonds. The van der Waals surface area contributed by atoms with Gasteiger partial charge in [0.05, 0.1) is 0 Å². The quantitative estimate of drug-likeness (QED) is 0.659. The third-order valence-electron chi connectivity index (χ3n) is 2.29. The molecule has 0 aromatic heterocycles. The van der Waals surface area contributed by atoms with Gasteiger partial charge in [-0.3, -0.25) is 5.41 Å². The molecule has 0 spiro atoms. The molecule has 0 atom stereocenters. The maximum atomic E-state index is 13.5. The van der Waals surface area contributed by atoms with Crippen LogP contribution in [-0.2, 0) is 0 Å². The molecule has 0 aliphatic heterocycles. The van der Waals surface area contributed by atoms with Crippen LogP contribution in [0.3, 0.4) is 0 Å². The van der Waals surface area contributed by atoms with E-state index in [1.807, 2.05) is 0 Å². The van der Waals surface area contributed by atoms with Gasteiger partial charge in [0, 0.05) is 21.4 Å². The van der Waals surface area contributed by atoms with Crippen LogP contribution in [0.15, 0.2) is 52.3 Å². The summed E-state index contributed by atoms with van der Waals surface area (Å²) in [5.41, 5.74) is 5.98. The van der Waals surface area contributed by atoms with Crippen molar-refractivity contribution in [2.45, 2.75) is 9.79 Å². The summed E-state index contributed by atoms with van der Waals surface area (Å²) in [4.78, 5) is 0.959. The number of nitrogens with two attached hydrogens (primary N) is 1. The highest BCUT2D eigenvalue weighted by Gasteiger charge is 2.10. The average molecular weight is 264 g/mol. The molecular weight excluding hydrogens is 254 g/mol. The molecule has 0 saturated carbocycles. The van der Waals surface area contributed by atoms with Crippen LogP contribution in [0.1, 0.15) is 5.56 Å². The van der Waals surface area contributed by atoms with E-state index in [1.165, 1.54) is 12.1 Å². The summed E-state index contributed by atoms with van der Waals surface area (Å²) in [6, 6.07) is 10.3. The molecule has 92 valence electrons. The van der Waals surface area contributed by atoms with Gasteiger partial charge < -0.3 is 5.73 Å². The lowest BCUT2D eigenvalue weighted by Gasteiger charge is -2.08. The molecule has 5 heteroatoms. The molecule has 0 fully saturated rings. The van der Waals surface area contributed by atoms with Gasteiger partial charge in [-0.25, -0.2) is 8.78 Å². The zero-order valence-corrected chi connectivity index (χ0v) is 10.1. The van der Waals surface area contributed by atoms with Crippen molar-refractivity contribution < 1.29 is 8.78 Å². The molecule has 0 aliphatic rings. The first kappa shape index (κ1) is 12.6. The summed E-state index contributed by atoms with van der Waals surface area (Å²) in [6.07, 6.45) is 0. The summed E-state index contributed by atoms with van der Waals surface area (Å²) < 4.78 is 26.3. The van der Waals surface area contributed by atoms with E-state index in [1.54, 1.807) is 24.3 Å². The summed E-state index contributed by atoms with van der Waals surface area (Å²) in [5.74, 6) is -1.32. The second-order valence-corrected chi connectivity index (χ2v) is 4.67. The van der Waals surface area contributed by atoms with E-state index in [0.717, 1.165) is 17.8 Å². The van der Waals surface area contributed by atoms with Gasteiger partial charge in [-0.05, 0) is 18.2 Å². The van der Waals surface area contributed by atoms with Crippen LogP contribution in [0.25, 0.3) is 0 Å². The van der Waals surface area contributed by atoms with Gasteiger partial charge in [-0.2, -0.15) is 0 Å². The average Bonchev–Trinajstić information content (AvgIpc) is 2.33. The number of hydrogen-bond acceptors (Lipinski definition) is 2. The Balaban J connectivity index is 2.37. The Bertz CT molecular complexity index is 599. The Kier molecular flexibility index (Phi) is 3.62. The van der Waals surface area contributed by atoms with E-state index in [2.05, 4.69) is 0 Å². The summed E-state index contributed by atoms with van der Waals surface area (Å²) >= 11 is 1.12. The Hall–Kier alpha value is -1.88. The third-order valence-corrected chi connectivity index (χ3v) is 3.42. The van der Waals surface area contributed by atoms with Crippen LogP contribution < -0.4 is 5.73 Å². The molecule has 0 bridgehead atoms. The van der Waals surface area contributed by atoms with Gasteiger partial charge in [0.2, 0.25) is 0 Å². The highest BCUT2D eigenvalue weighted by Crippen LogP contribution is 2.32. The van der Waals surface area contributed by atoms with Gasteiger partial charge in [0.25, 0.3) is 0 Å². The van der Waals surface area contributed by atoms with E-state index in [0.29, 0.717) is 15.4 Å². The van der Waals surface area contributed by atoms with Crippen molar-refractivity contribution in [2.75, 3.05) is 0 Å². The third kappa shape index (κ3) is 2.68. The maximum absolute atomic E-state index is 13.5. The molecule has 2 rings (SSSR count). The van der Waals surface area contributed by atoms with E-state index in [-0.39, 0.29) is 5.84 Å². The lowest BCUT2D eigenvalue weighted by atomic mass is 10.2. The molecule has 0 unspecified atom stereocenters. The maximum Gasteiger partial charge on any atom is 0.140 e. The molecular formula is C13H10F2N2S. The van der Waals surface area contributed by atoms with E-state index in [4.69, 9.17) is 11.1 Å². The van der Waals surface area contributed by atoms with Crippen LogP contribution in [0.5, 0.6) is 0 Å². The molecule has 2 aromatic carbocycles. The van der Waals surface area contributed by atoms with Crippen LogP contribution in [0.4, 0.5) is 8.78 Å². The number of amidine groups is 1. The molecule has 0 saturated heterocycles. The normalized spacial score (nSPS) is 10.3. The van der Waals surface area contributed by atoms with Crippen molar-refractivity contribution in [2.24, 2.45) is 5.73 Å². The zero-order chi connectivity index (χ0) is 13.1. The van der Waals surface area contributed by atoms with Gasteiger partial charge in [0.1, 0.15) is 17.5 Å². The number of rotatable bonds is 3. The molecule has 0 aliphatic carbocycles. The molecule has 2 nitrogen and oxygen atoms in total. The smallest absolute Gasteiger partial charge is 0.140 e. The summed E-state index contributed by atoms with van der Waals surface area (Å²) in [5, 5.41) is 7.44. The first-order chi connectivity index (χ1) is 8.58. The predicted octanol–water partition coefficient (Wildman–Crippen LogP) is 3.40. The first-order valence-corrected chi connectivity index (χ1v) is 5.96. The SMILES string of the molecule is N=C(N)c1ccccc1Sc1ccc(F)cc1F. The lowest BCUT2D eigenvalue weighted by molar-refractivity contribution is 0.565.